The number of amides is 1. The highest BCUT2D eigenvalue weighted by Gasteiger charge is 2.10. The van der Waals surface area contributed by atoms with Gasteiger partial charge in [0.15, 0.2) is 9.84 Å². The van der Waals surface area contributed by atoms with Gasteiger partial charge in [-0.15, -0.1) is 0 Å². The number of hydrogen-bond acceptors (Lipinski definition) is 4. The van der Waals surface area contributed by atoms with Crippen molar-refractivity contribution in [3.05, 3.63) is 24.3 Å². The molecule has 0 saturated heterocycles. The van der Waals surface area contributed by atoms with Crippen molar-refractivity contribution >= 4 is 21.4 Å². The van der Waals surface area contributed by atoms with Crippen LogP contribution in [0.25, 0.3) is 0 Å². The Morgan fingerprint density at radius 3 is 2.15 bits per heavy atom. The van der Waals surface area contributed by atoms with Gasteiger partial charge < -0.3 is 10.6 Å². The number of benzene rings is 1. The molecule has 0 bridgehead atoms. The van der Waals surface area contributed by atoms with Crippen molar-refractivity contribution < 1.29 is 13.2 Å². The van der Waals surface area contributed by atoms with Gasteiger partial charge in [-0.25, -0.2) is 8.42 Å². The minimum absolute atomic E-state index is 0.0165. The first-order chi connectivity index (χ1) is 9.08. The molecule has 20 heavy (non-hydrogen) atoms. The van der Waals surface area contributed by atoms with Crippen molar-refractivity contribution in [1.29, 1.82) is 0 Å². The molecule has 1 amide bonds. The summed E-state index contributed by atoms with van der Waals surface area (Å²) in [6.45, 7) is 6.70. The Labute approximate surface area is 120 Å². The monoisotopic (exact) mass is 298 g/mol. The zero-order chi connectivity index (χ0) is 15.4. The molecule has 1 rings (SSSR count). The molecule has 0 aliphatic rings. The van der Waals surface area contributed by atoms with Crippen molar-refractivity contribution in [3.63, 3.8) is 0 Å². The lowest BCUT2D eigenvalue weighted by atomic mass is 10.1. The van der Waals surface area contributed by atoms with E-state index in [2.05, 4.69) is 10.6 Å². The van der Waals surface area contributed by atoms with Crippen LogP contribution < -0.4 is 10.6 Å². The normalized spacial score (nSPS) is 12.2. The first-order valence-electron chi connectivity index (χ1n) is 6.43. The molecule has 1 aromatic carbocycles. The second-order valence-electron chi connectivity index (χ2n) is 5.77. The van der Waals surface area contributed by atoms with Crippen LogP contribution in [0.4, 0.5) is 5.69 Å². The minimum Gasteiger partial charge on any atom is -0.326 e. The molecular weight excluding hydrogens is 276 g/mol. The summed E-state index contributed by atoms with van der Waals surface area (Å²) in [6.07, 6.45) is 1.52. The van der Waals surface area contributed by atoms with Crippen LogP contribution in [-0.2, 0) is 14.6 Å². The van der Waals surface area contributed by atoms with Crippen LogP contribution in [0.3, 0.4) is 0 Å². The first-order valence-corrected chi connectivity index (χ1v) is 8.32. The van der Waals surface area contributed by atoms with Crippen molar-refractivity contribution in [3.8, 4) is 0 Å². The smallest absolute Gasteiger partial charge is 0.225 e. The van der Waals surface area contributed by atoms with E-state index in [0.29, 0.717) is 18.7 Å². The summed E-state index contributed by atoms with van der Waals surface area (Å²) >= 11 is 0. The van der Waals surface area contributed by atoms with Crippen LogP contribution in [0.15, 0.2) is 29.2 Å². The molecule has 0 atom stereocenters. The van der Waals surface area contributed by atoms with Crippen LogP contribution in [-0.4, -0.2) is 32.7 Å². The van der Waals surface area contributed by atoms with E-state index in [9.17, 15) is 13.2 Å². The summed E-state index contributed by atoms with van der Waals surface area (Å²) < 4.78 is 22.6. The van der Waals surface area contributed by atoms with E-state index in [1.807, 2.05) is 20.8 Å². The highest BCUT2D eigenvalue weighted by molar-refractivity contribution is 7.90. The van der Waals surface area contributed by atoms with Crippen molar-refractivity contribution in [1.82, 2.24) is 5.32 Å². The molecule has 112 valence electrons. The van der Waals surface area contributed by atoms with Gasteiger partial charge in [0.05, 0.1) is 4.90 Å². The van der Waals surface area contributed by atoms with Gasteiger partial charge in [0, 0.05) is 30.4 Å². The minimum atomic E-state index is -3.20. The molecule has 0 radical (unpaired) electrons. The molecule has 0 heterocycles. The molecule has 6 heteroatoms. The summed E-state index contributed by atoms with van der Waals surface area (Å²) in [6, 6.07) is 6.15. The van der Waals surface area contributed by atoms with Gasteiger partial charge in [0.1, 0.15) is 0 Å². The maximum atomic E-state index is 11.7. The zero-order valence-electron chi connectivity index (χ0n) is 12.4. The lowest BCUT2D eigenvalue weighted by Gasteiger charge is -2.20. The summed E-state index contributed by atoms with van der Waals surface area (Å²) in [5, 5.41) is 5.96. The highest BCUT2D eigenvalue weighted by atomic mass is 32.2. The Hall–Kier alpha value is -1.40. The number of carbonyl (C=O) groups is 1. The third kappa shape index (κ3) is 6.16. The Morgan fingerprint density at radius 2 is 1.70 bits per heavy atom. The van der Waals surface area contributed by atoms with E-state index in [1.165, 1.54) is 12.1 Å². The summed E-state index contributed by atoms with van der Waals surface area (Å²) in [7, 11) is -3.20. The fourth-order valence-electron chi connectivity index (χ4n) is 1.56. The molecule has 0 saturated carbocycles. The van der Waals surface area contributed by atoms with E-state index in [-0.39, 0.29) is 16.3 Å². The van der Waals surface area contributed by atoms with Gasteiger partial charge in [-0.2, -0.15) is 0 Å². The zero-order valence-corrected chi connectivity index (χ0v) is 13.2. The molecule has 5 nitrogen and oxygen atoms in total. The standard InChI is InChI=1S/C14H22N2O3S/c1-14(2,3)15-10-9-13(17)16-11-5-7-12(8-6-11)20(4,18)19/h5-8,15H,9-10H2,1-4H3,(H,16,17). The van der Waals surface area contributed by atoms with E-state index in [1.54, 1.807) is 12.1 Å². The second-order valence-corrected chi connectivity index (χ2v) is 7.79. The highest BCUT2D eigenvalue weighted by Crippen LogP contribution is 2.14. The quantitative estimate of drug-likeness (QED) is 0.869. The summed E-state index contributed by atoms with van der Waals surface area (Å²) in [4.78, 5) is 12.0. The predicted molar refractivity (Wildman–Crippen MR) is 80.6 cm³/mol. The first kappa shape index (κ1) is 16.7. The van der Waals surface area contributed by atoms with E-state index >= 15 is 0 Å². The largest absolute Gasteiger partial charge is 0.326 e. The SMILES string of the molecule is CC(C)(C)NCCC(=O)Nc1ccc(S(C)(=O)=O)cc1. The predicted octanol–water partition coefficient (Wildman–Crippen LogP) is 1.81. The average Bonchev–Trinajstić information content (AvgIpc) is 2.26. The molecule has 0 unspecified atom stereocenters. The Balaban J connectivity index is 2.51. The molecule has 1 aromatic rings. The molecule has 0 spiro atoms. The molecule has 0 aromatic heterocycles. The Bertz CT molecular complexity index is 557. The second kappa shape index (κ2) is 6.37. The van der Waals surface area contributed by atoms with Gasteiger partial charge in [0.25, 0.3) is 0 Å². The van der Waals surface area contributed by atoms with E-state index in [0.717, 1.165) is 6.26 Å². The van der Waals surface area contributed by atoms with Crippen LogP contribution in [0.5, 0.6) is 0 Å². The number of carbonyl (C=O) groups excluding carboxylic acids is 1. The van der Waals surface area contributed by atoms with Crippen LogP contribution in [0.2, 0.25) is 0 Å². The molecule has 0 aliphatic heterocycles. The number of anilines is 1. The third-order valence-corrected chi connectivity index (χ3v) is 3.70. The molecular formula is C14H22N2O3S. The van der Waals surface area contributed by atoms with Gasteiger partial charge in [-0.3, -0.25) is 4.79 Å². The van der Waals surface area contributed by atoms with Crippen molar-refractivity contribution in [2.24, 2.45) is 0 Å². The van der Waals surface area contributed by atoms with Gasteiger partial charge in [-0.1, -0.05) is 0 Å². The van der Waals surface area contributed by atoms with Crippen LogP contribution in [0.1, 0.15) is 27.2 Å². The molecule has 0 aliphatic carbocycles. The fraction of sp³-hybridized carbons (Fsp3) is 0.500. The number of hydrogen-bond donors (Lipinski definition) is 2. The van der Waals surface area contributed by atoms with Gasteiger partial charge >= 0.3 is 0 Å². The average molecular weight is 298 g/mol. The van der Waals surface area contributed by atoms with Crippen molar-refractivity contribution in [2.75, 3.05) is 18.1 Å². The van der Waals surface area contributed by atoms with Gasteiger partial charge in [-0.05, 0) is 45.0 Å². The lowest BCUT2D eigenvalue weighted by molar-refractivity contribution is -0.116. The summed E-state index contributed by atoms with van der Waals surface area (Å²) in [5.74, 6) is -0.103. The lowest BCUT2D eigenvalue weighted by Crippen LogP contribution is -2.37. The van der Waals surface area contributed by atoms with E-state index < -0.39 is 9.84 Å². The topological polar surface area (TPSA) is 75.3 Å². The summed E-state index contributed by atoms with van der Waals surface area (Å²) in [5.41, 5.74) is 0.579. The Kier molecular flexibility index (Phi) is 5.30. The fourth-order valence-corrected chi connectivity index (χ4v) is 2.19. The maximum Gasteiger partial charge on any atom is 0.225 e. The number of sulfone groups is 1. The third-order valence-electron chi connectivity index (χ3n) is 2.57. The van der Waals surface area contributed by atoms with Crippen molar-refractivity contribution in [2.45, 2.75) is 37.6 Å². The van der Waals surface area contributed by atoms with Gasteiger partial charge in [0.2, 0.25) is 5.91 Å². The molecule has 2 N–H and O–H groups in total. The van der Waals surface area contributed by atoms with Crippen LogP contribution in [0, 0.1) is 0 Å². The Morgan fingerprint density at radius 1 is 1.15 bits per heavy atom. The number of rotatable bonds is 5. The van der Waals surface area contributed by atoms with Crippen LogP contribution >= 0.6 is 0 Å². The van der Waals surface area contributed by atoms with E-state index in [4.69, 9.17) is 0 Å². The maximum absolute atomic E-state index is 11.7. The molecule has 0 fully saturated rings. The number of nitrogens with one attached hydrogen (secondary N) is 2.